The number of aryl methyl sites for hydroxylation is 1. The maximum Gasteiger partial charge on any atom is 0.143 e. The monoisotopic (exact) mass is 321 g/mol. The quantitative estimate of drug-likeness (QED) is 0.711. The molecule has 0 saturated carbocycles. The van der Waals surface area contributed by atoms with E-state index in [1.165, 1.54) is 5.56 Å². The van der Waals surface area contributed by atoms with Gasteiger partial charge in [-0.1, -0.05) is 54.1 Å². The van der Waals surface area contributed by atoms with E-state index in [1.54, 1.807) is 12.1 Å². The lowest BCUT2D eigenvalue weighted by molar-refractivity contribution is 0.360. The highest BCUT2D eigenvalue weighted by Gasteiger charge is 2.11. The summed E-state index contributed by atoms with van der Waals surface area (Å²) in [6.45, 7) is 6.69. The van der Waals surface area contributed by atoms with E-state index in [1.807, 2.05) is 24.3 Å². The van der Waals surface area contributed by atoms with Gasteiger partial charge in [0.05, 0.1) is 5.02 Å². The van der Waals surface area contributed by atoms with Crippen molar-refractivity contribution in [3.8, 4) is 5.75 Å². The first kappa shape index (κ1) is 15.7. The van der Waals surface area contributed by atoms with E-state index >= 15 is 0 Å². The highest BCUT2D eigenvalue weighted by atomic mass is 35.5. The summed E-state index contributed by atoms with van der Waals surface area (Å²) in [5.41, 5.74) is 3.17. The van der Waals surface area contributed by atoms with Crippen LogP contribution in [0.15, 0.2) is 49.1 Å². The van der Waals surface area contributed by atoms with Crippen molar-refractivity contribution in [2.75, 3.05) is 11.9 Å². The van der Waals surface area contributed by atoms with E-state index in [-0.39, 0.29) is 0 Å². The number of benzene rings is 2. The Labute approximate surface area is 135 Å². The number of hydrogen-bond donors (Lipinski definition) is 1. The summed E-state index contributed by atoms with van der Waals surface area (Å²) >= 11 is 12.3. The Hall–Kier alpha value is -1.64. The fourth-order valence-electron chi connectivity index (χ4n) is 2.01. The van der Waals surface area contributed by atoms with Crippen molar-refractivity contribution < 1.29 is 4.74 Å². The van der Waals surface area contributed by atoms with Gasteiger partial charge in [0.25, 0.3) is 0 Å². The Bertz CT molecular complexity index is 641. The summed E-state index contributed by atoms with van der Waals surface area (Å²) in [7, 11) is 0. The molecule has 0 unspecified atom stereocenters. The molecule has 21 heavy (non-hydrogen) atoms. The lowest BCUT2D eigenvalue weighted by Crippen LogP contribution is -2.05. The van der Waals surface area contributed by atoms with Crippen LogP contribution >= 0.6 is 23.2 Å². The van der Waals surface area contributed by atoms with E-state index in [2.05, 4.69) is 24.9 Å². The molecule has 0 aliphatic carbocycles. The van der Waals surface area contributed by atoms with Gasteiger partial charge in [0.1, 0.15) is 12.4 Å². The van der Waals surface area contributed by atoms with Crippen molar-refractivity contribution in [3.63, 3.8) is 0 Å². The molecule has 0 aliphatic rings. The molecule has 2 rings (SSSR count). The molecule has 0 atom stereocenters. The maximum atomic E-state index is 6.21. The second-order valence-corrected chi connectivity index (χ2v) is 5.49. The third-order valence-electron chi connectivity index (χ3n) is 3.05. The third-order valence-corrected chi connectivity index (χ3v) is 3.54. The number of halogens is 2. The van der Waals surface area contributed by atoms with Crippen LogP contribution in [0.2, 0.25) is 10.0 Å². The molecule has 4 heteroatoms. The molecule has 0 aromatic heterocycles. The zero-order valence-electron chi connectivity index (χ0n) is 11.8. The first-order valence-electron chi connectivity index (χ1n) is 6.63. The fourth-order valence-corrected chi connectivity index (χ4v) is 2.60. The number of nitrogens with one attached hydrogen (secondary N) is 1. The molecule has 1 N–H and O–H groups in total. The molecule has 2 nitrogen and oxygen atoms in total. The Balaban J connectivity index is 2.22. The zero-order chi connectivity index (χ0) is 15.2. The minimum absolute atomic E-state index is 0.402. The van der Waals surface area contributed by atoms with Crippen LogP contribution in [0.5, 0.6) is 5.75 Å². The van der Waals surface area contributed by atoms with Gasteiger partial charge in [-0.3, -0.25) is 0 Å². The van der Waals surface area contributed by atoms with E-state index in [4.69, 9.17) is 27.9 Å². The van der Waals surface area contributed by atoms with Crippen LogP contribution in [0.4, 0.5) is 5.69 Å². The van der Waals surface area contributed by atoms with E-state index < -0.39 is 0 Å². The molecular weight excluding hydrogens is 305 g/mol. The number of para-hydroxylation sites is 1. The summed E-state index contributed by atoms with van der Waals surface area (Å²) in [5, 5.41) is 4.47. The average molecular weight is 322 g/mol. The van der Waals surface area contributed by atoms with Gasteiger partial charge in [-0.2, -0.15) is 0 Å². The van der Waals surface area contributed by atoms with E-state index in [0.29, 0.717) is 28.9 Å². The number of anilines is 1. The molecule has 0 amide bonds. The van der Waals surface area contributed by atoms with Gasteiger partial charge in [0.15, 0.2) is 0 Å². The minimum atomic E-state index is 0.402. The van der Waals surface area contributed by atoms with Gasteiger partial charge in [-0.05, 0) is 30.7 Å². The van der Waals surface area contributed by atoms with Crippen molar-refractivity contribution in [3.05, 3.63) is 70.2 Å². The number of ether oxygens (including phenoxy) is 1. The molecule has 2 aromatic rings. The summed E-state index contributed by atoms with van der Waals surface area (Å²) in [6.07, 6.45) is 1.68. The molecule has 0 bridgehead atoms. The molecule has 0 radical (unpaired) electrons. The molecule has 110 valence electrons. The van der Waals surface area contributed by atoms with Crippen LogP contribution in [0.3, 0.4) is 0 Å². The number of hydrogen-bond acceptors (Lipinski definition) is 2. The van der Waals surface area contributed by atoms with Gasteiger partial charge >= 0.3 is 0 Å². The lowest BCUT2D eigenvalue weighted by atomic mass is 10.1. The van der Waals surface area contributed by atoms with Gasteiger partial charge in [-0.25, -0.2) is 0 Å². The van der Waals surface area contributed by atoms with E-state index in [0.717, 1.165) is 11.3 Å². The lowest BCUT2D eigenvalue weighted by Gasteiger charge is -2.15. The first-order chi connectivity index (χ1) is 10.1. The topological polar surface area (TPSA) is 21.3 Å². The van der Waals surface area contributed by atoms with Gasteiger partial charge in [0, 0.05) is 22.8 Å². The van der Waals surface area contributed by atoms with Crippen LogP contribution in [0, 0.1) is 6.92 Å². The Morgan fingerprint density at radius 2 is 2.00 bits per heavy atom. The highest BCUT2D eigenvalue weighted by Crippen LogP contribution is 2.33. The summed E-state index contributed by atoms with van der Waals surface area (Å²) < 4.78 is 5.64. The van der Waals surface area contributed by atoms with Gasteiger partial charge in [-0.15, -0.1) is 0 Å². The molecule has 0 fully saturated rings. The summed E-state index contributed by atoms with van der Waals surface area (Å²) in [4.78, 5) is 0. The molecule has 0 spiro atoms. The molecule has 0 heterocycles. The second-order valence-electron chi connectivity index (χ2n) is 4.64. The van der Waals surface area contributed by atoms with Gasteiger partial charge < -0.3 is 10.1 Å². The van der Waals surface area contributed by atoms with Crippen LogP contribution in [-0.2, 0) is 6.54 Å². The Morgan fingerprint density at radius 3 is 2.71 bits per heavy atom. The smallest absolute Gasteiger partial charge is 0.143 e. The predicted octanol–water partition coefficient (Wildman–Crippen LogP) is 5.48. The minimum Gasteiger partial charge on any atom is -0.488 e. The van der Waals surface area contributed by atoms with Crippen molar-refractivity contribution in [2.24, 2.45) is 0 Å². The SMILES string of the molecule is C=CCOc1c(Cl)cc(Cl)cc1CNc1ccccc1C. The molecule has 2 aromatic carbocycles. The standard InChI is InChI=1S/C17H17Cl2NO/c1-3-8-21-17-13(9-14(18)10-15(17)19)11-20-16-7-5-4-6-12(16)2/h3-7,9-10,20H,1,8,11H2,2H3. The Morgan fingerprint density at radius 1 is 1.24 bits per heavy atom. The summed E-state index contributed by atoms with van der Waals surface area (Å²) in [6, 6.07) is 11.6. The van der Waals surface area contributed by atoms with Crippen LogP contribution in [0.25, 0.3) is 0 Å². The normalized spacial score (nSPS) is 10.2. The highest BCUT2D eigenvalue weighted by molar-refractivity contribution is 6.35. The predicted molar refractivity (Wildman–Crippen MR) is 90.7 cm³/mol. The second kappa shape index (κ2) is 7.39. The fraction of sp³-hybridized carbons (Fsp3) is 0.176. The van der Waals surface area contributed by atoms with Crippen molar-refractivity contribution in [1.82, 2.24) is 0 Å². The molecule has 0 saturated heterocycles. The Kier molecular flexibility index (Phi) is 5.54. The average Bonchev–Trinajstić information content (AvgIpc) is 2.45. The summed E-state index contributed by atoms with van der Waals surface area (Å²) in [5.74, 6) is 0.641. The van der Waals surface area contributed by atoms with Crippen molar-refractivity contribution in [2.45, 2.75) is 13.5 Å². The van der Waals surface area contributed by atoms with E-state index in [9.17, 15) is 0 Å². The largest absolute Gasteiger partial charge is 0.488 e. The molecule has 0 aliphatic heterocycles. The van der Waals surface area contributed by atoms with Gasteiger partial charge in [0.2, 0.25) is 0 Å². The van der Waals surface area contributed by atoms with Crippen LogP contribution < -0.4 is 10.1 Å². The van der Waals surface area contributed by atoms with Crippen molar-refractivity contribution in [1.29, 1.82) is 0 Å². The zero-order valence-corrected chi connectivity index (χ0v) is 13.3. The number of rotatable bonds is 6. The third kappa shape index (κ3) is 4.16. The maximum absolute atomic E-state index is 6.21. The van der Waals surface area contributed by atoms with Crippen LogP contribution in [0.1, 0.15) is 11.1 Å². The van der Waals surface area contributed by atoms with Crippen molar-refractivity contribution >= 4 is 28.9 Å². The molecular formula is C17H17Cl2NO. The first-order valence-corrected chi connectivity index (χ1v) is 7.38. The van der Waals surface area contributed by atoms with Crippen LogP contribution in [-0.4, -0.2) is 6.61 Å².